The second-order valence-corrected chi connectivity index (χ2v) is 13.8. The van der Waals surface area contributed by atoms with Crippen molar-refractivity contribution >= 4 is 44.3 Å². The van der Waals surface area contributed by atoms with Gasteiger partial charge >= 0.3 is 0 Å². The Hall–Kier alpha value is -7.16. The largest absolute Gasteiger partial charge is 0.315 e. The molecule has 2 heterocycles. The van der Waals surface area contributed by atoms with Crippen LogP contribution >= 0.6 is 0 Å². The van der Waals surface area contributed by atoms with Crippen LogP contribution in [0.15, 0.2) is 219 Å². The van der Waals surface area contributed by atoms with Crippen LogP contribution in [-0.4, -0.2) is 4.40 Å². The molecule has 8 aromatic carbocycles. The van der Waals surface area contributed by atoms with Gasteiger partial charge in [0, 0.05) is 39.6 Å². The van der Waals surface area contributed by atoms with Crippen LogP contribution < -0.4 is 4.90 Å². The van der Waals surface area contributed by atoms with E-state index in [1.54, 1.807) is 0 Å². The minimum Gasteiger partial charge on any atom is -0.315 e. The minimum atomic E-state index is 1.10. The van der Waals surface area contributed by atoms with Crippen LogP contribution in [0.3, 0.4) is 0 Å². The van der Waals surface area contributed by atoms with Crippen molar-refractivity contribution < 1.29 is 0 Å². The Morgan fingerprint density at radius 3 is 1.28 bits per heavy atom. The molecule has 0 aliphatic heterocycles. The molecule has 0 radical (unpaired) electrons. The molecular formula is C52H36N2. The molecule has 54 heavy (non-hydrogen) atoms. The molecule has 0 saturated carbocycles. The first-order valence-corrected chi connectivity index (χ1v) is 18.5. The van der Waals surface area contributed by atoms with Gasteiger partial charge in [-0.15, -0.1) is 0 Å². The molecule has 0 aliphatic carbocycles. The molecule has 2 aromatic heterocycles. The van der Waals surface area contributed by atoms with Crippen LogP contribution in [0.2, 0.25) is 0 Å². The zero-order valence-corrected chi connectivity index (χ0v) is 29.7. The van der Waals surface area contributed by atoms with E-state index in [4.69, 9.17) is 0 Å². The molecule has 10 rings (SSSR count). The van der Waals surface area contributed by atoms with Crippen LogP contribution in [0.25, 0.3) is 71.7 Å². The lowest BCUT2D eigenvalue weighted by Crippen LogP contribution is -2.09. The van der Waals surface area contributed by atoms with Crippen LogP contribution in [0.1, 0.15) is 0 Å². The van der Waals surface area contributed by atoms with Gasteiger partial charge in [0.1, 0.15) is 0 Å². The van der Waals surface area contributed by atoms with Gasteiger partial charge in [-0.1, -0.05) is 158 Å². The molecule has 2 heteroatoms. The standard InChI is InChI=1S/C52H36N2/c1-4-12-37(13-5-1)39-20-27-45(28-21-39)54(46-29-22-40(23-30-46)38-14-6-2-7-15-38)47-31-24-41(25-32-47)44-26-33-50-49(36-44)51(43-17-8-3-9-18-43)52-48-19-11-10-16-42(48)34-35-53(50)52/h1-36H. The third-order valence-corrected chi connectivity index (χ3v) is 10.6. The minimum absolute atomic E-state index is 1.10. The Balaban J connectivity index is 1.07. The number of hydrogen-bond donors (Lipinski definition) is 0. The van der Waals surface area contributed by atoms with Gasteiger partial charge in [0.2, 0.25) is 0 Å². The Morgan fingerprint density at radius 2 is 0.741 bits per heavy atom. The third kappa shape index (κ3) is 5.62. The lowest BCUT2D eigenvalue weighted by molar-refractivity contribution is 1.27. The van der Waals surface area contributed by atoms with E-state index >= 15 is 0 Å². The Labute approximate surface area is 315 Å². The number of pyridine rings is 1. The summed E-state index contributed by atoms with van der Waals surface area (Å²) in [6.45, 7) is 0. The predicted octanol–water partition coefficient (Wildman–Crippen LogP) is 14.4. The second kappa shape index (κ2) is 13.4. The van der Waals surface area contributed by atoms with E-state index < -0.39 is 0 Å². The maximum absolute atomic E-state index is 2.37. The van der Waals surface area contributed by atoms with E-state index in [2.05, 4.69) is 228 Å². The number of benzene rings is 8. The smallest absolute Gasteiger partial charge is 0.0619 e. The molecular weight excluding hydrogens is 653 g/mol. The summed E-state index contributed by atoms with van der Waals surface area (Å²) in [5.41, 5.74) is 15.5. The summed E-state index contributed by atoms with van der Waals surface area (Å²) in [5, 5.41) is 3.75. The fraction of sp³-hybridized carbons (Fsp3) is 0. The maximum Gasteiger partial charge on any atom is 0.0619 e. The van der Waals surface area contributed by atoms with Crippen molar-refractivity contribution in [3.05, 3.63) is 219 Å². The van der Waals surface area contributed by atoms with Crippen LogP contribution in [-0.2, 0) is 0 Å². The van der Waals surface area contributed by atoms with Crippen LogP contribution in [0.5, 0.6) is 0 Å². The number of hydrogen-bond acceptors (Lipinski definition) is 1. The summed E-state index contributed by atoms with van der Waals surface area (Å²) < 4.78 is 2.36. The fourth-order valence-electron chi connectivity index (χ4n) is 7.94. The van der Waals surface area contributed by atoms with Crippen LogP contribution in [0.4, 0.5) is 17.1 Å². The molecule has 10 aromatic rings. The Bertz CT molecular complexity index is 2790. The maximum atomic E-state index is 2.37. The van der Waals surface area contributed by atoms with Crippen molar-refractivity contribution in [2.75, 3.05) is 4.90 Å². The first-order chi connectivity index (χ1) is 26.8. The van der Waals surface area contributed by atoms with E-state index in [-0.39, 0.29) is 0 Å². The number of rotatable bonds is 7. The lowest BCUT2D eigenvalue weighted by Gasteiger charge is -2.26. The van der Waals surface area contributed by atoms with Gasteiger partial charge in [-0.25, -0.2) is 0 Å². The average molecular weight is 689 g/mol. The van der Waals surface area contributed by atoms with E-state index in [0.29, 0.717) is 0 Å². The van der Waals surface area contributed by atoms with E-state index in [1.165, 1.54) is 71.7 Å². The van der Waals surface area contributed by atoms with E-state index in [0.717, 1.165) is 17.1 Å². The molecule has 0 aliphatic rings. The summed E-state index contributed by atoms with van der Waals surface area (Å²) >= 11 is 0. The summed E-state index contributed by atoms with van der Waals surface area (Å²) in [5.74, 6) is 0. The van der Waals surface area contributed by atoms with Crippen molar-refractivity contribution in [3.8, 4) is 44.5 Å². The van der Waals surface area contributed by atoms with E-state index in [1.807, 2.05) is 0 Å². The number of aromatic nitrogens is 1. The molecule has 0 atom stereocenters. The molecule has 254 valence electrons. The zero-order chi connectivity index (χ0) is 35.8. The van der Waals surface area contributed by atoms with Crippen molar-refractivity contribution in [2.45, 2.75) is 0 Å². The Morgan fingerprint density at radius 1 is 0.315 bits per heavy atom. The summed E-state index contributed by atoms with van der Waals surface area (Å²) in [4.78, 5) is 2.34. The molecule has 0 N–H and O–H groups in total. The zero-order valence-electron chi connectivity index (χ0n) is 29.7. The monoisotopic (exact) mass is 688 g/mol. The van der Waals surface area contributed by atoms with Gasteiger partial charge in [0.05, 0.1) is 11.0 Å². The third-order valence-electron chi connectivity index (χ3n) is 10.6. The highest BCUT2D eigenvalue weighted by Crippen LogP contribution is 2.42. The van der Waals surface area contributed by atoms with Crippen molar-refractivity contribution in [3.63, 3.8) is 0 Å². The normalized spacial score (nSPS) is 11.3. The van der Waals surface area contributed by atoms with Gasteiger partial charge in [-0.05, 0) is 98.9 Å². The van der Waals surface area contributed by atoms with Gasteiger partial charge in [-0.2, -0.15) is 0 Å². The number of nitrogens with zero attached hydrogens (tertiary/aromatic N) is 2. The summed E-state index contributed by atoms with van der Waals surface area (Å²) in [7, 11) is 0. The number of anilines is 3. The van der Waals surface area contributed by atoms with Crippen molar-refractivity contribution in [1.82, 2.24) is 4.40 Å². The van der Waals surface area contributed by atoms with Gasteiger partial charge < -0.3 is 9.30 Å². The molecule has 2 nitrogen and oxygen atoms in total. The quantitative estimate of drug-likeness (QED) is 0.162. The van der Waals surface area contributed by atoms with Gasteiger partial charge in [0.15, 0.2) is 0 Å². The first kappa shape index (κ1) is 31.6. The Kier molecular flexibility index (Phi) is 7.85. The average Bonchev–Trinajstić information content (AvgIpc) is 3.60. The molecule has 0 unspecified atom stereocenters. The molecule has 0 spiro atoms. The highest BCUT2D eigenvalue weighted by Gasteiger charge is 2.18. The van der Waals surface area contributed by atoms with Gasteiger partial charge in [-0.3, -0.25) is 0 Å². The first-order valence-electron chi connectivity index (χ1n) is 18.5. The molecule has 0 bridgehead atoms. The molecule has 0 saturated heterocycles. The topological polar surface area (TPSA) is 7.65 Å². The summed E-state index contributed by atoms with van der Waals surface area (Å²) in [6.07, 6.45) is 2.22. The number of fused-ring (bicyclic) bond motifs is 5. The second-order valence-electron chi connectivity index (χ2n) is 13.8. The van der Waals surface area contributed by atoms with Crippen molar-refractivity contribution in [1.29, 1.82) is 0 Å². The van der Waals surface area contributed by atoms with Gasteiger partial charge in [0.25, 0.3) is 0 Å². The van der Waals surface area contributed by atoms with E-state index in [9.17, 15) is 0 Å². The highest BCUT2D eigenvalue weighted by atomic mass is 15.1. The molecule has 0 fully saturated rings. The summed E-state index contributed by atoms with van der Waals surface area (Å²) in [6, 6.07) is 76.5. The van der Waals surface area contributed by atoms with Crippen molar-refractivity contribution in [2.24, 2.45) is 0 Å². The highest BCUT2D eigenvalue weighted by molar-refractivity contribution is 6.15. The molecule has 0 amide bonds. The predicted molar refractivity (Wildman–Crippen MR) is 229 cm³/mol. The van der Waals surface area contributed by atoms with Crippen LogP contribution in [0, 0.1) is 0 Å². The lowest BCUT2D eigenvalue weighted by atomic mass is 9.97. The fourth-order valence-corrected chi connectivity index (χ4v) is 7.94. The SMILES string of the molecule is c1ccc(-c2ccc(N(c3ccc(-c4ccccc4)cc3)c3ccc(-c4ccc5c(c4)c(-c4ccccc4)c4c6ccccc6ccn54)cc3)cc2)cc1.